The molecular formula is C21H23N3O6S2. The average molecular weight is 478 g/mol. The fraction of sp³-hybridized carbons (Fsp3) is 0.429. The molecule has 11 heteroatoms. The van der Waals surface area contributed by atoms with Gasteiger partial charge in [-0.25, -0.2) is 8.42 Å². The largest absolute Gasteiger partial charge is 0.486 e. The highest BCUT2D eigenvalue weighted by Crippen LogP contribution is 2.36. The Morgan fingerprint density at radius 3 is 2.50 bits per heavy atom. The van der Waals surface area contributed by atoms with Crippen molar-refractivity contribution >= 4 is 38.9 Å². The predicted octanol–water partition coefficient (Wildman–Crippen LogP) is 1.41. The zero-order valence-electron chi connectivity index (χ0n) is 17.3. The van der Waals surface area contributed by atoms with Gasteiger partial charge in [0.05, 0.1) is 5.92 Å². The summed E-state index contributed by atoms with van der Waals surface area (Å²) in [4.78, 5) is 29.0. The number of carbonyl (C=O) groups excluding carboxylic acids is 2. The summed E-state index contributed by atoms with van der Waals surface area (Å²) in [5.74, 6) is 0.579. The minimum atomic E-state index is -3.52. The van der Waals surface area contributed by atoms with Crippen LogP contribution in [-0.4, -0.2) is 75.4 Å². The number of carbonyl (C=O) groups is 2. The number of rotatable bonds is 4. The van der Waals surface area contributed by atoms with Crippen molar-refractivity contribution < 1.29 is 27.5 Å². The minimum Gasteiger partial charge on any atom is -0.486 e. The fourth-order valence-corrected chi connectivity index (χ4v) is 6.83. The predicted molar refractivity (Wildman–Crippen MR) is 118 cm³/mol. The molecule has 0 radical (unpaired) electrons. The number of fused-ring (bicyclic) bond motifs is 1. The van der Waals surface area contributed by atoms with Gasteiger partial charge in [0.1, 0.15) is 17.4 Å². The number of hydrogen-bond donors (Lipinski definition) is 0. The molecule has 4 heterocycles. The Hall–Kier alpha value is -2.63. The molecule has 0 saturated carbocycles. The van der Waals surface area contributed by atoms with Gasteiger partial charge >= 0.3 is 0 Å². The first-order chi connectivity index (χ1) is 15.4. The number of nitrogens with zero attached hydrogens (tertiary/aromatic N) is 3. The SMILES string of the molecule is O=C([C@@H]1CC(=O)N(c2ccc3c(c2)OCCO3)C1)N1CCN(S(=O)(=O)c2cccs2)CC1. The smallest absolute Gasteiger partial charge is 0.252 e. The molecule has 0 bridgehead atoms. The highest BCUT2D eigenvalue weighted by molar-refractivity contribution is 7.91. The van der Waals surface area contributed by atoms with Crippen LogP contribution in [0.2, 0.25) is 0 Å². The number of amides is 2. The monoisotopic (exact) mass is 477 g/mol. The maximum atomic E-state index is 13.1. The van der Waals surface area contributed by atoms with Crippen LogP contribution in [0.4, 0.5) is 5.69 Å². The number of thiophene rings is 1. The van der Waals surface area contributed by atoms with Crippen LogP contribution in [0.3, 0.4) is 0 Å². The first kappa shape index (κ1) is 21.2. The molecule has 0 aliphatic carbocycles. The Bertz CT molecular complexity index is 1130. The van der Waals surface area contributed by atoms with Crippen molar-refractivity contribution in [3.8, 4) is 11.5 Å². The van der Waals surface area contributed by atoms with Gasteiger partial charge in [0.15, 0.2) is 11.5 Å². The lowest BCUT2D eigenvalue weighted by Gasteiger charge is -2.35. The molecule has 0 N–H and O–H groups in total. The Morgan fingerprint density at radius 1 is 1.03 bits per heavy atom. The second-order valence-electron chi connectivity index (χ2n) is 7.89. The van der Waals surface area contributed by atoms with E-state index in [1.807, 2.05) is 0 Å². The lowest BCUT2D eigenvalue weighted by Crippen LogP contribution is -2.52. The number of sulfonamides is 1. The first-order valence-electron chi connectivity index (χ1n) is 10.5. The van der Waals surface area contributed by atoms with E-state index in [-0.39, 0.29) is 31.3 Å². The summed E-state index contributed by atoms with van der Waals surface area (Å²) in [5.41, 5.74) is 0.682. The van der Waals surface area contributed by atoms with Gasteiger partial charge in [-0.15, -0.1) is 11.3 Å². The molecule has 32 heavy (non-hydrogen) atoms. The van der Waals surface area contributed by atoms with Crippen LogP contribution in [0.5, 0.6) is 11.5 Å². The summed E-state index contributed by atoms with van der Waals surface area (Å²) < 4.78 is 38.2. The van der Waals surface area contributed by atoms with E-state index in [4.69, 9.17) is 9.47 Å². The molecule has 2 fully saturated rings. The number of anilines is 1. The van der Waals surface area contributed by atoms with Crippen molar-refractivity contribution in [2.45, 2.75) is 10.6 Å². The van der Waals surface area contributed by atoms with Crippen LogP contribution in [0.25, 0.3) is 0 Å². The molecule has 2 saturated heterocycles. The molecule has 5 rings (SSSR count). The molecule has 0 unspecified atom stereocenters. The van der Waals surface area contributed by atoms with Gasteiger partial charge in [-0.3, -0.25) is 9.59 Å². The van der Waals surface area contributed by atoms with Gasteiger partial charge in [0, 0.05) is 50.9 Å². The van der Waals surface area contributed by atoms with Gasteiger partial charge in [0.25, 0.3) is 10.0 Å². The van der Waals surface area contributed by atoms with Crippen LogP contribution < -0.4 is 14.4 Å². The van der Waals surface area contributed by atoms with E-state index in [2.05, 4.69) is 0 Å². The number of ether oxygens (including phenoxy) is 2. The van der Waals surface area contributed by atoms with Gasteiger partial charge in [-0.1, -0.05) is 6.07 Å². The fourth-order valence-electron chi connectivity index (χ4n) is 4.27. The maximum Gasteiger partial charge on any atom is 0.252 e. The molecule has 2 amide bonds. The lowest BCUT2D eigenvalue weighted by atomic mass is 10.1. The van der Waals surface area contributed by atoms with E-state index in [1.54, 1.807) is 45.5 Å². The number of hydrogen-bond acceptors (Lipinski definition) is 7. The third kappa shape index (κ3) is 3.84. The molecule has 9 nitrogen and oxygen atoms in total. The molecule has 1 aromatic carbocycles. The van der Waals surface area contributed by atoms with E-state index in [1.165, 1.54) is 15.6 Å². The molecule has 1 aromatic heterocycles. The van der Waals surface area contributed by atoms with Gasteiger partial charge in [-0.2, -0.15) is 4.31 Å². The average Bonchev–Trinajstić information content (AvgIpc) is 3.49. The Balaban J connectivity index is 1.22. The van der Waals surface area contributed by atoms with Crippen molar-refractivity contribution in [1.29, 1.82) is 0 Å². The van der Waals surface area contributed by atoms with E-state index >= 15 is 0 Å². The maximum absolute atomic E-state index is 13.1. The Labute approximate surface area is 190 Å². The Morgan fingerprint density at radius 2 is 1.78 bits per heavy atom. The van der Waals surface area contributed by atoms with Crippen LogP contribution >= 0.6 is 11.3 Å². The zero-order valence-corrected chi connectivity index (χ0v) is 18.9. The number of piperazine rings is 1. The summed E-state index contributed by atoms with van der Waals surface area (Å²) in [6.45, 7) is 2.38. The topological polar surface area (TPSA) is 96.5 Å². The molecule has 2 aromatic rings. The summed E-state index contributed by atoms with van der Waals surface area (Å²) in [6.07, 6.45) is 0.140. The third-order valence-electron chi connectivity index (χ3n) is 5.95. The van der Waals surface area contributed by atoms with E-state index in [0.29, 0.717) is 54.2 Å². The highest BCUT2D eigenvalue weighted by atomic mass is 32.2. The van der Waals surface area contributed by atoms with Crippen molar-refractivity contribution in [2.75, 3.05) is 50.8 Å². The number of benzene rings is 1. The van der Waals surface area contributed by atoms with Crippen LogP contribution in [-0.2, 0) is 19.6 Å². The summed E-state index contributed by atoms with van der Waals surface area (Å²) in [5, 5.41) is 1.73. The van der Waals surface area contributed by atoms with Crippen LogP contribution in [0.15, 0.2) is 39.9 Å². The first-order valence-corrected chi connectivity index (χ1v) is 12.8. The lowest BCUT2D eigenvalue weighted by molar-refractivity contribution is -0.136. The van der Waals surface area contributed by atoms with Gasteiger partial charge < -0.3 is 19.3 Å². The second kappa shape index (κ2) is 8.38. The molecular weight excluding hydrogens is 454 g/mol. The second-order valence-corrected chi connectivity index (χ2v) is 11.0. The Kier molecular flexibility index (Phi) is 5.56. The van der Waals surface area contributed by atoms with E-state index in [9.17, 15) is 18.0 Å². The summed E-state index contributed by atoms with van der Waals surface area (Å²) in [7, 11) is -3.52. The van der Waals surface area contributed by atoms with E-state index < -0.39 is 15.9 Å². The quantitative estimate of drug-likeness (QED) is 0.661. The molecule has 0 spiro atoms. The highest BCUT2D eigenvalue weighted by Gasteiger charge is 2.39. The van der Waals surface area contributed by atoms with Crippen molar-refractivity contribution in [2.24, 2.45) is 5.92 Å². The van der Waals surface area contributed by atoms with Crippen molar-refractivity contribution in [3.63, 3.8) is 0 Å². The van der Waals surface area contributed by atoms with Crippen LogP contribution in [0, 0.1) is 5.92 Å². The van der Waals surface area contributed by atoms with Crippen LogP contribution in [0.1, 0.15) is 6.42 Å². The molecule has 170 valence electrons. The zero-order chi connectivity index (χ0) is 22.3. The van der Waals surface area contributed by atoms with Crippen molar-refractivity contribution in [1.82, 2.24) is 9.21 Å². The van der Waals surface area contributed by atoms with Gasteiger partial charge in [0.2, 0.25) is 11.8 Å². The minimum absolute atomic E-state index is 0.105. The molecule has 1 atom stereocenters. The van der Waals surface area contributed by atoms with Crippen molar-refractivity contribution in [3.05, 3.63) is 35.7 Å². The van der Waals surface area contributed by atoms with E-state index in [0.717, 1.165) is 0 Å². The molecule has 3 aliphatic rings. The molecule has 3 aliphatic heterocycles. The standard InChI is InChI=1S/C21H23N3O6S2/c25-19-12-15(14-24(19)16-3-4-17-18(13-16)30-10-9-29-17)21(26)22-5-7-23(8-6-22)32(27,28)20-2-1-11-31-20/h1-4,11,13,15H,5-10,12,14H2/t15-/m1/s1. The third-order valence-corrected chi connectivity index (χ3v) is 9.22. The summed E-state index contributed by atoms with van der Waals surface area (Å²) >= 11 is 1.19. The summed E-state index contributed by atoms with van der Waals surface area (Å²) in [6, 6.07) is 8.65. The van der Waals surface area contributed by atoms with Gasteiger partial charge in [-0.05, 0) is 23.6 Å². The normalized spacial score (nSPS) is 21.8.